The van der Waals surface area contributed by atoms with Crippen LogP contribution in [-0.2, 0) is 24.8 Å². The number of carbonyl (C=O) groups is 4. The number of phenolic OH excluding ortho intramolecular Hbond substituents is 1. The van der Waals surface area contributed by atoms with Crippen molar-refractivity contribution >= 4 is 58.5 Å². The number of fused-ring (bicyclic) bond motifs is 1. The summed E-state index contributed by atoms with van der Waals surface area (Å²) >= 11 is 0.892. The molecular weight excluding hydrogens is 764 g/mol. The van der Waals surface area contributed by atoms with Crippen LogP contribution in [0.2, 0.25) is 0 Å². The monoisotopic (exact) mass is 800 g/mol. The number of anilines is 2. The minimum absolute atomic E-state index is 0.0212. The SMILES string of the molecule is CN1C([N+](=O)[O-])=C([N+](=O)[O-])c2cc(NC(=NC#N)Nc3ccc(O)cc3)ccc2C1(C(=O)NC(CCSCC(NC(=O)CC(C)(C)C)C(=O)O)C(=O)O)[N+](=O)[O-]. The molecule has 2 aromatic rings. The summed E-state index contributed by atoms with van der Waals surface area (Å²) in [5.41, 5.74) is -6.48. The van der Waals surface area contributed by atoms with Crippen LogP contribution in [0.3, 0.4) is 0 Å². The molecule has 0 saturated heterocycles. The average Bonchev–Trinajstić information content (AvgIpc) is 3.08. The smallest absolute Gasteiger partial charge is 0.460 e. The molecule has 24 heteroatoms. The predicted octanol–water partition coefficient (Wildman–Crippen LogP) is 2.01. The van der Waals surface area contributed by atoms with Gasteiger partial charge in [-0.05, 0) is 65.0 Å². The first kappa shape index (κ1) is 43.4. The summed E-state index contributed by atoms with van der Waals surface area (Å²) in [7, 11) is 0.685. The standard InChI is InChI=1S/C32H36N10O13S/c1-31(2,3)14-24(44)37-23(28(47)48)15-56-12-11-22(27(45)46)38-29(49)32(42(54)55)21-10-7-18(13-20(21)25(40(50)51)26(39(32)4)41(52)53)36-30(34-16-33)35-17-5-8-19(43)9-6-17/h5-10,13,22-23,43H,11-12,14-15H2,1-4H3,(H,37,44)(H,38,49)(H,45,46)(H,47,48)(H2,34,35,36). The van der Waals surface area contributed by atoms with Gasteiger partial charge in [0.15, 0.2) is 0 Å². The second-order valence-corrected chi connectivity index (χ2v) is 14.4. The number of nitrogens with zero attached hydrogens (tertiary/aromatic N) is 6. The van der Waals surface area contributed by atoms with Crippen molar-refractivity contribution in [3.05, 3.63) is 89.8 Å². The van der Waals surface area contributed by atoms with Gasteiger partial charge in [0.1, 0.15) is 17.8 Å². The summed E-state index contributed by atoms with van der Waals surface area (Å²) in [6.45, 7) is 5.33. The topological polar surface area (TPSA) is 346 Å². The zero-order chi connectivity index (χ0) is 42.1. The number of nitriles is 1. The van der Waals surface area contributed by atoms with E-state index >= 15 is 0 Å². The summed E-state index contributed by atoms with van der Waals surface area (Å²) < 4.78 is 0. The third-order valence-corrected chi connectivity index (χ3v) is 9.01. The molecule has 0 spiro atoms. The number of hydrogen-bond acceptors (Lipinski definition) is 15. The molecule has 1 heterocycles. The number of nitro groups is 3. The molecule has 3 unspecified atom stereocenters. The number of thioether (sulfide) groups is 1. The Bertz CT molecular complexity index is 2030. The molecule has 2 amide bonds. The van der Waals surface area contributed by atoms with E-state index in [1.54, 1.807) is 20.8 Å². The highest BCUT2D eigenvalue weighted by Crippen LogP contribution is 2.44. The molecule has 0 aromatic heterocycles. The number of guanidine groups is 1. The summed E-state index contributed by atoms with van der Waals surface area (Å²) in [5.74, 6) is -7.55. The van der Waals surface area contributed by atoms with Crippen molar-refractivity contribution in [2.24, 2.45) is 10.4 Å². The molecule has 298 valence electrons. The second-order valence-electron chi connectivity index (χ2n) is 13.2. The van der Waals surface area contributed by atoms with Gasteiger partial charge in [0.2, 0.25) is 18.1 Å². The van der Waals surface area contributed by atoms with Crippen LogP contribution in [0.25, 0.3) is 5.70 Å². The number of rotatable bonds is 16. The molecule has 0 radical (unpaired) electrons. The number of nitrogens with one attached hydrogen (secondary N) is 4. The summed E-state index contributed by atoms with van der Waals surface area (Å²) in [5, 5.41) is 85.6. The van der Waals surface area contributed by atoms with Crippen LogP contribution in [0, 0.1) is 47.2 Å². The number of aromatic hydroxyl groups is 1. The van der Waals surface area contributed by atoms with Crippen LogP contribution in [0.5, 0.6) is 5.75 Å². The van der Waals surface area contributed by atoms with Crippen molar-refractivity contribution in [1.29, 1.82) is 5.26 Å². The van der Waals surface area contributed by atoms with Gasteiger partial charge < -0.3 is 46.7 Å². The van der Waals surface area contributed by atoms with Gasteiger partial charge in [0, 0.05) is 23.5 Å². The van der Waals surface area contributed by atoms with Gasteiger partial charge >= 0.3 is 35.0 Å². The lowest BCUT2D eigenvalue weighted by Crippen LogP contribution is -2.64. The van der Waals surface area contributed by atoms with Gasteiger partial charge in [-0.15, -0.1) is 4.99 Å². The first-order valence-corrected chi connectivity index (χ1v) is 17.3. The first-order valence-electron chi connectivity index (χ1n) is 16.1. The lowest BCUT2D eigenvalue weighted by Gasteiger charge is -2.33. The molecule has 3 rings (SSSR count). The summed E-state index contributed by atoms with van der Waals surface area (Å²) in [4.78, 5) is 87.9. The fourth-order valence-corrected chi connectivity index (χ4v) is 6.51. The molecule has 0 fully saturated rings. The van der Waals surface area contributed by atoms with Crippen molar-refractivity contribution in [2.45, 2.75) is 51.4 Å². The first-order chi connectivity index (χ1) is 26.1. The fourth-order valence-electron chi connectivity index (χ4n) is 5.48. The molecule has 3 atom stereocenters. The van der Waals surface area contributed by atoms with Crippen molar-refractivity contribution in [3.8, 4) is 11.9 Å². The summed E-state index contributed by atoms with van der Waals surface area (Å²) in [6, 6.07) is 4.99. The number of benzene rings is 2. The fraction of sp³-hybridized carbons (Fsp3) is 0.375. The third-order valence-electron chi connectivity index (χ3n) is 7.92. The zero-order valence-corrected chi connectivity index (χ0v) is 30.9. The Hall–Kier alpha value is -7.03. The maximum absolute atomic E-state index is 14.0. The molecule has 23 nitrogen and oxygen atoms in total. The van der Waals surface area contributed by atoms with E-state index < -0.39 is 90.8 Å². The highest BCUT2D eigenvalue weighted by atomic mass is 32.2. The van der Waals surface area contributed by atoms with E-state index in [-0.39, 0.29) is 40.2 Å². The van der Waals surface area contributed by atoms with Gasteiger partial charge in [-0.1, -0.05) is 20.8 Å². The lowest BCUT2D eigenvalue weighted by molar-refractivity contribution is -0.603. The van der Waals surface area contributed by atoms with E-state index in [4.69, 9.17) is 0 Å². The molecular formula is C32H36N10O13S. The Morgan fingerprint density at radius 3 is 2.05 bits per heavy atom. The molecule has 56 heavy (non-hydrogen) atoms. The maximum Gasteiger partial charge on any atom is 0.460 e. The Labute approximate surface area is 320 Å². The summed E-state index contributed by atoms with van der Waals surface area (Å²) in [6.07, 6.45) is 1.09. The number of aliphatic imine (C=N–C) groups is 1. The molecule has 7 N–H and O–H groups in total. The van der Waals surface area contributed by atoms with Crippen LogP contribution >= 0.6 is 11.8 Å². The van der Waals surface area contributed by atoms with Gasteiger partial charge in [-0.2, -0.15) is 21.9 Å². The molecule has 0 saturated carbocycles. The van der Waals surface area contributed by atoms with E-state index in [2.05, 4.69) is 20.9 Å². The van der Waals surface area contributed by atoms with Gasteiger partial charge in [-0.3, -0.25) is 29.8 Å². The van der Waals surface area contributed by atoms with Crippen LogP contribution < -0.4 is 21.3 Å². The highest BCUT2D eigenvalue weighted by molar-refractivity contribution is 7.99. The maximum atomic E-state index is 14.0. The average molecular weight is 801 g/mol. The van der Waals surface area contributed by atoms with Crippen LogP contribution in [-0.4, -0.2) is 95.3 Å². The number of carboxylic acid groups (broad SMARTS) is 2. The number of phenols is 1. The van der Waals surface area contributed by atoms with E-state index in [1.165, 1.54) is 30.5 Å². The number of hydrogen-bond donors (Lipinski definition) is 7. The van der Waals surface area contributed by atoms with E-state index in [1.807, 2.05) is 5.32 Å². The van der Waals surface area contributed by atoms with Crippen LogP contribution in [0.4, 0.5) is 11.4 Å². The van der Waals surface area contributed by atoms with Crippen LogP contribution in [0.15, 0.2) is 53.3 Å². The highest BCUT2D eigenvalue weighted by Gasteiger charge is 2.69. The number of carbonyl (C=O) groups excluding carboxylic acids is 2. The normalized spacial score (nSPS) is 16.3. The number of amides is 2. The largest absolute Gasteiger partial charge is 0.508 e. The van der Waals surface area contributed by atoms with Crippen molar-refractivity contribution in [2.75, 3.05) is 29.2 Å². The lowest BCUT2D eigenvalue weighted by atomic mass is 9.86. The van der Waals surface area contributed by atoms with Gasteiger partial charge in [0.05, 0.1) is 28.0 Å². The predicted molar refractivity (Wildman–Crippen MR) is 197 cm³/mol. The quantitative estimate of drug-likeness (QED) is 0.0243. The Morgan fingerprint density at radius 1 is 0.946 bits per heavy atom. The number of carboxylic acids is 2. The van der Waals surface area contributed by atoms with Crippen molar-refractivity contribution in [3.63, 3.8) is 0 Å². The van der Waals surface area contributed by atoms with Crippen LogP contribution in [0.1, 0.15) is 44.7 Å². The van der Waals surface area contributed by atoms with E-state index in [0.717, 1.165) is 30.0 Å². The third kappa shape index (κ3) is 10.1. The number of aliphatic carboxylic acids is 2. The van der Waals surface area contributed by atoms with Gasteiger partial charge in [0.25, 0.3) is 0 Å². The molecule has 1 aliphatic rings. The Morgan fingerprint density at radius 2 is 1.54 bits per heavy atom. The van der Waals surface area contributed by atoms with E-state index in [9.17, 15) is 70.1 Å². The second kappa shape index (κ2) is 17.9. The minimum atomic E-state index is -3.36. The minimum Gasteiger partial charge on any atom is -0.508 e. The number of likely N-dealkylation sites (N-methyl/N-ethyl adjacent to an activating group) is 1. The van der Waals surface area contributed by atoms with Crippen molar-refractivity contribution in [1.82, 2.24) is 15.5 Å². The molecule has 2 aromatic carbocycles. The van der Waals surface area contributed by atoms with Crippen molar-refractivity contribution < 1.29 is 49.3 Å². The Balaban J connectivity index is 2.00. The molecule has 1 aliphatic heterocycles. The molecule has 0 bridgehead atoms. The Kier molecular flexibility index (Phi) is 13.8. The zero-order valence-electron chi connectivity index (χ0n) is 30.0. The van der Waals surface area contributed by atoms with E-state index in [0.29, 0.717) is 12.7 Å². The molecule has 0 aliphatic carbocycles. The van der Waals surface area contributed by atoms with Gasteiger partial charge in [-0.25, -0.2) is 9.59 Å².